The molecule has 0 bridgehead atoms. The summed E-state index contributed by atoms with van der Waals surface area (Å²) in [6.45, 7) is 4.92. The zero-order valence-corrected chi connectivity index (χ0v) is 25.3. The van der Waals surface area contributed by atoms with Gasteiger partial charge in [0.05, 0.1) is 11.5 Å². The fourth-order valence-electron chi connectivity index (χ4n) is 5.21. The van der Waals surface area contributed by atoms with E-state index in [1.165, 1.54) is 32.9 Å². The molecule has 44 heavy (non-hydrogen) atoms. The van der Waals surface area contributed by atoms with Crippen molar-refractivity contribution in [3.05, 3.63) is 68.2 Å². The van der Waals surface area contributed by atoms with Crippen LogP contribution < -0.4 is 4.74 Å². The van der Waals surface area contributed by atoms with Crippen LogP contribution in [0.15, 0.2) is 36.4 Å². The number of nitrogens with zero attached hydrogens (tertiary/aromatic N) is 1. The SMILES string of the molecule is CCOC(=O)COc1ccc(Cc2cc([C@@H]3OC4(CC4)[C@@H](OC(C)=O)[C@H](OC(C)=O)[C@H]3OC(C)=O)ccc2Cl)cc1[N+](=O)[O-]. The van der Waals surface area contributed by atoms with Gasteiger partial charge >= 0.3 is 29.6 Å². The number of hydrogen-bond donors (Lipinski definition) is 0. The second kappa shape index (κ2) is 13.6. The summed E-state index contributed by atoms with van der Waals surface area (Å²) in [5, 5.41) is 12.1. The predicted octanol–water partition coefficient (Wildman–Crippen LogP) is 4.18. The number of carbonyl (C=O) groups excluding carboxylic acids is 4. The molecule has 4 atom stereocenters. The average Bonchev–Trinajstić information content (AvgIpc) is 3.72. The van der Waals surface area contributed by atoms with Crippen LogP contribution in [0.1, 0.15) is 63.3 Å². The van der Waals surface area contributed by atoms with Gasteiger partial charge in [0.2, 0.25) is 0 Å². The maximum Gasteiger partial charge on any atom is 0.344 e. The molecule has 0 amide bonds. The molecule has 13 nitrogen and oxygen atoms in total. The number of esters is 4. The molecular formula is C30H32ClNO12. The Morgan fingerprint density at radius 3 is 2.23 bits per heavy atom. The lowest BCUT2D eigenvalue weighted by Gasteiger charge is -2.45. The first-order chi connectivity index (χ1) is 20.8. The molecule has 14 heteroatoms. The molecule has 1 saturated heterocycles. The van der Waals surface area contributed by atoms with Crippen LogP contribution in [0.2, 0.25) is 5.02 Å². The Morgan fingerprint density at radius 2 is 1.64 bits per heavy atom. The Hall–Kier alpha value is -4.23. The first-order valence-corrected chi connectivity index (χ1v) is 14.2. The van der Waals surface area contributed by atoms with Crippen molar-refractivity contribution in [2.45, 2.75) is 77.0 Å². The molecule has 0 radical (unpaired) electrons. The van der Waals surface area contributed by atoms with E-state index in [2.05, 4.69) is 0 Å². The summed E-state index contributed by atoms with van der Waals surface area (Å²) in [5.41, 5.74) is 0.323. The van der Waals surface area contributed by atoms with Gasteiger partial charge in [0.15, 0.2) is 30.7 Å². The average molecular weight is 634 g/mol. The largest absolute Gasteiger partial charge is 0.475 e. The number of hydrogen-bond acceptors (Lipinski definition) is 12. The van der Waals surface area contributed by atoms with E-state index in [0.717, 1.165) is 0 Å². The van der Waals surface area contributed by atoms with Crippen molar-refractivity contribution in [1.29, 1.82) is 0 Å². The smallest absolute Gasteiger partial charge is 0.344 e. The van der Waals surface area contributed by atoms with Crippen LogP contribution in [0.3, 0.4) is 0 Å². The highest BCUT2D eigenvalue weighted by Gasteiger charge is 2.65. The molecule has 2 aromatic rings. The molecule has 4 rings (SSSR count). The van der Waals surface area contributed by atoms with Gasteiger partial charge in [-0.2, -0.15) is 0 Å². The van der Waals surface area contributed by atoms with Crippen molar-refractivity contribution < 1.29 is 52.5 Å². The van der Waals surface area contributed by atoms with E-state index in [1.807, 2.05) is 0 Å². The van der Waals surface area contributed by atoms with Gasteiger partial charge in [-0.1, -0.05) is 29.8 Å². The molecule has 2 aliphatic rings. The van der Waals surface area contributed by atoms with Gasteiger partial charge in [0.25, 0.3) is 0 Å². The number of nitro groups is 1. The summed E-state index contributed by atoms with van der Waals surface area (Å²) in [4.78, 5) is 59.1. The van der Waals surface area contributed by atoms with E-state index in [9.17, 15) is 29.3 Å². The van der Waals surface area contributed by atoms with Gasteiger partial charge in [0.1, 0.15) is 11.7 Å². The first-order valence-electron chi connectivity index (χ1n) is 13.9. The van der Waals surface area contributed by atoms with Crippen molar-refractivity contribution in [3.63, 3.8) is 0 Å². The van der Waals surface area contributed by atoms with Crippen LogP contribution in [0, 0.1) is 10.1 Å². The van der Waals surface area contributed by atoms with Gasteiger partial charge < -0.3 is 28.4 Å². The summed E-state index contributed by atoms with van der Waals surface area (Å²) in [5.74, 6) is -2.69. The Morgan fingerprint density at radius 1 is 0.977 bits per heavy atom. The Labute approximate surface area is 257 Å². The molecule has 1 aliphatic heterocycles. The van der Waals surface area contributed by atoms with Gasteiger partial charge in [0, 0.05) is 31.9 Å². The second-order valence-electron chi connectivity index (χ2n) is 10.5. The van der Waals surface area contributed by atoms with Crippen LogP contribution in [-0.4, -0.2) is 65.9 Å². The number of halogens is 1. The summed E-state index contributed by atoms with van der Waals surface area (Å²) < 4.78 is 33.3. The van der Waals surface area contributed by atoms with E-state index in [1.54, 1.807) is 31.2 Å². The highest BCUT2D eigenvalue weighted by atomic mass is 35.5. The molecule has 1 spiro atoms. The van der Waals surface area contributed by atoms with E-state index < -0.39 is 65.4 Å². The topological polar surface area (TPSA) is 167 Å². The van der Waals surface area contributed by atoms with Gasteiger partial charge in [-0.15, -0.1) is 0 Å². The van der Waals surface area contributed by atoms with Crippen molar-refractivity contribution in [2.24, 2.45) is 0 Å². The van der Waals surface area contributed by atoms with Crippen molar-refractivity contribution in [3.8, 4) is 5.75 Å². The molecule has 1 heterocycles. The molecule has 1 aliphatic carbocycles. The van der Waals surface area contributed by atoms with E-state index >= 15 is 0 Å². The minimum Gasteiger partial charge on any atom is -0.475 e. The van der Waals surface area contributed by atoms with Crippen LogP contribution in [0.5, 0.6) is 5.75 Å². The maximum atomic E-state index is 12.2. The van der Waals surface area contributed by atoms with Gasteiger partial charge in [-0.05, 0) is 55.0 Å². The van der Waals surface area contributed by atoms with Crippen LogP contribution in [0.4, 0.5) is 5.69 Å². The second-order valence-corrected chi connectivity index (χ2v) is 10.9. The third kappa shape index (κ3) is 7.64. The molecule has 0 unspecified atom stereocenters. The third-order valence-corrected chi connectivity index (χ3v) is 7.47. The number of benzene rings is 2. The Kier molecular flexibility index (Phi) is 10.1. The zero-order valence-electron chi connectivity index (χ0n) is 24.5. The molecule has 1 saturated carbocycles. The summed E-state index contributed by atoms with van der Waals surface area (Å²) in [6, 6.07) is 9.32. The van der Waals surface area contributed by atoms with E-state index in [4.69, 9.17) is 40.0 Å². The van der Waals surface area contributed by atoms with Crippen molar-refractivity contribution in [2.75, 3.05) is 13.2 Å². The molecule has 0 N–H and O–H groups in total. The Bertz CT molecular complexity index is 1460. The normalized spacial score (nSPS) is 21.6. The number of carbonyl (C=O) groups is 4. The Balaban J connectivity index is 1.66. The predicted molar refractivity (Wildman–Crippen MR) is 152 cm³/mol. The van der Waals surface area contributed by atoms with Crippen molar-refractivity contribution in [1.82, 2.24) is 0 Å². The molecule has 236 valence electrons. The highest BCUT2D eigenvalue weighted by Crippen LogP contribution is 2.54. The van der Waals surface area contributed by atoms with Gasteiger partial charge in [-0.25, -0.2) is 4.79 Å². The monoisotopic (exact) mass is 633 g/mol. The molecule has 0 aromatic heterocycles. The van der Waals surface area contributed by atoms with E-state index in [0.29, 0.717) is 34.6 Å². The third-order valence-electron chi connectivity index (χ3n) is 7.10. The van der Waals surface area contributed by atoms with Crippen LogP contribution >= 0.6 is 11.6 Å². The minimum absolute atomic E-state index is 0.0972. The van der Waals surface area contributed by atoms with Crippen molar-refractivity contribution >= 4 is 41.2 Å². The molecular weight excluding hydrogens is 602 g/mol. The molecule has 2 aromatic carbocycles. The lowest BCUT2D eigenvalue weighted by atomic mass is 9.88. The number of ether oxygens (including phenoxy) is 6. The minimum atomic E-state index is -1.17. The quantitative estimate of drug-likeness (QED) is 0.150. The molecule has 2 fully saturated rings. The first kappa shape index (κ1) is 32.7. The van der Waals surface area contributed by atoms with Crippen LogP contribution in [0.25, 0.3) is 0 Å². The maximum absolute atomic E-state index is 12.2. The lowest BCUT2D eigenvalue weighted by Crippen LogP contribution is -2.59. The fraction of sp³-hybridized carbons (Fsp3) is 0.467. The zero-order chi connectivity index (χ0) is 32.2. The summed E-state index contributed by atoms with van der Waals surface area (Å²) >= 11 is 6.54. The van der Waals surface area contributed by atoms with Gasteiger partial charge in [-0.3, -0.25) is 24.5 Å². The number of rotatable bonds is 11. The highest BCUT2D eigenvalue weighted by molar-refractivity contribution is 6.31. The standard InChI is InChI=1S/C30H32ClNO12/c1-5-39-25(36)15-40-24-9-6-19(13-23(24)32(37)38)12-21-14-20(7-8-22(21)31)26-27(41-16(2)33)28(42-17(3)34)29(43-18(4)35)30(44-26)10-11-30/h6-9,13-14,26-29H,5,10-12,15H2,1-4H3/t26-,27-,28+,29-/m0/s1. The lowest BCUT2D eigenvalue weighted by molar-refractivity contribution is -0.385. The summed E-state index contributed by atoms with van der Waals surface area (Å²) in [7, 11) is 0. The number of nitro benzene ring substituents is 1. The summed E-state index contributed by atoms with van der Waals surface area (Å²) in [6.07, 6.45) is -3.06. The van der Waals surface area contributed by atoms with Crippen LogP contribution in [-0.2, 0) is 49.3 Å². The van der Waals surface area contributed by atoms with E-state index in [-0.39, 0.29) is 24.5 Å². The fourth-order valence-corrected chi connectivity index (χ4v) is 5.40.